The molecule has 0 unspecified atom stereocenters. The van der Waals surface area contributed by atoms with Gasteiger partial charge in [-0.05, 0) is 56.9 Å². The second-order valence-electron chi connectivity index (χ2n) is 7.38. The summed E-state index contributed by atoms with van der Waals surface area (Å²) in [6.45, 7) is 7.94. The van der Waals surface area contributed by atoms with Gasteiger partial charge in [0.25, 0.3) is 11.5 Å². The molecule has 1 amide bonds. The van der Waals surface area contributed by atoms with E-state index in [2.05, 4.69) is 29.2 Å². The molecular weight excluding hydrogens is 388 g/mol. The Morgan fingerprint density at radius 3 is 2.59 bits per heavy atom. The van der Waals surface area contributed by atoms with Crippen LogP contribution in [0.4, 0.5) is 5.69 Å². The monoisotopic (exact) mass is 414 g/mol. The molecule has 0 fully saturated rings. The number of benzene rings is 1. The number of amides is 1. The topological polar surface area (TPSA) is 89.0 Å². The molecule has 3 aromatic rings. The van der Waals surface area contributed by atoms with Gasteiger partial charge in [-0.25, -0.2) is 4.98 Å². The van der Waals surface area contributed by atoms with E-state index < -0.39 is 0 Å². The van der Waals surface area contributed by atoms with Gasteiger partial charge >= 0.3 is 0 Å². The number of hydrogen-bond acceptors (Lipinski definition) is 5. The number of carbonyl (C=O) groups excluding carboxylic acids is 1. The minimum atomic E-state index is -0.257. The highest BCUT2D eigenvalue weighted by atomic mass is 32.1. The summed E-state index contributed by atoms with van der Waals surface area (Å²) in [4.78, 5) is 30.5. The van der Waals surface area contributed by atoms with Gasteiger partial charge in [0.1, 0.15) is 10.6 Å². The average molecular weight is 415 g/mol. The lowest BCUT2D eigenvalue weighted by molar-refractivity contribution is 0.103. The number of ether oxygens (including phenoxy) is 1. The smallest absolute Gasteiger partial charge is 0.276 e. The molecule has 0 bridgehead atoms. The minimum Gasteiger partial charge on any atom is -0.497 e. The van der Waals surface area contributed by atoms with Crippen LogP contribution in [0.1, 0.15) is 46.9 Å². The summed E-state index contributed by atoms with van der Waals surface area (Å²) in [7, 11) is 1.59. The van der Waals surface area contributed by atoms with E-state index in [9.17, 15) is 9.59 Å². The van der Waals surface area contributed by atoms with Crippen LogP contribution in [0, 0.1) is 19.8 Å². The molecule has 2 aromatic heterocycles. The highest BCUT2D eigenvalue weighted by Crippen LogP contribution is 2.23. The lowest BCUT2D eigenvalue weighted by atomic mass is 10.0. The summed E-state index contributed by atoms with van der Waals surface area (Å²) in [5, 5.41) is 6.42. The molecular formula is C21H26N4O3S. The summed E-state index contributed by atoms with van der Waals surface area (Å²) in [5.41, 5.74) is 2.76. The fourth-order valence-corrected chi connectivity index (χ4v) is 3.92. The van der Waals surface area contributed by atoms with Gasteiger partial charge in [0.05, 0.1) is 12.8 Å². The Kier molecular flexibility index (Phi) is 6.22. The van der Waals surface area contributed by atoms with Crippen molar-refractivity contribution in [2.24, 2.45) is 5.92 Å². The Bertz CT molecular complexity index is 1060. The Morgan fingerprint density at radius 1 is 1.28 bits per heavy atom. The van der Waals surface area contributed by atoms with Crippen LogP contribution in [0.5, 0.6) is 5.75 Å². The molecule has 7 nitrogen and oxygen atoms in total. The van der Waals surface area contributed by atoms with Crippen LogP contribution in [0.25, 0.3) is 5.13 Å². The normalized spacial score (nSPS) is 11.1. The number of anilines is 1. The number of aromatic amines is 1. The molecule has 1 aromatic carbocycles. The van der Waals surface area contributed by atoms with E-state index in [-0.39, 0.29) is 11.5 Å². The van der Waals surface area contributed by atoms with Crippen molar-refractivity contribution in [3.8, 4) is 10.9 Å². The summed E-state index contributed by atoms with van der Waals surface area (Å²) >= 11 is 1.19. The third-order valence-corrected chi connectivity index (χ3v) is 5.84. The highest BCUT2D eigenvalue weighted by molar-refractivity contribution is 7.16. The number of thiazole rings is 1. The maximum Gasteiger partial charge on any atom is 0.276 e. The fourth-order valence-electron chi connectivity index (χ4n) is 2.99. The lowest BCUT2D eigenvalue weighted by Crippen LogP contribution is -2.17. The van der Waals surface area contributed by atoms with E-state index in [1.165, 1.54) is 16.0 Å². The van der Waals surface area contributed by atoms with Crippen LogP contribution in [0.15, 0.2) is 29.1 Å². The van der Waals surface area contributed by atoms with Gasteiger partial charge in [-0.2, -0.15) is 4.68 Å². The van der Waals surface area contributed by atoms with Crippen molar-refractivity contribution >= 4 is 22.9 Å². The number of nitrogens with one attached hydrogen (secondary N) is 2. The number of carbonyl (C=O) groups is 1. The first-order chi connectivity index (χ1) is 13.8. The van der Waals surface area contributed by atoms with Crippen LogP contribution in [0.2, 0.25) is 0 Å². The van der Waals surface area contributed by atoms with Gasteiger partial charge in [0.2, 0.25) is 5.13 Å². The van der Waals surface area contributed by atoms with Gasteiger partial charge in [-0.15, -0.1) is 0 Å². The molecule has 0 aliphatic carbocycles. The number of H-pyrrole nitrogens is 1. The van der Waals surface area contributed by atoms with Crippen LogP contribution < -0.4 is 15.6 Å². The van der Waals surface area contributed by atoms with Crippen molar-refractivity contribution in [1.82, 2.24) is 14.8 Å². The maximum atomic E-state index is 12.8. The summed E-state index contributed by atoms with van der Waals surface area (Å²) in [6, 6.07) is 7.10. The van der Waals surface area contributed by atoms with Crippen molar-refractivity contribution in [2.75, 3.05) is 12.4 Å². The second kappa shape index (κ2) is 8.65. The number of hydrogen-bond donors (Lipinski definition) is 2. The third-order valence-electron chi connectivity index (χ3n) is 4.70. The zero-order chi connectivity index (χ0) is 21.1. The zero-order valence-electron chi connectivity index (χ0n) is 17.3. The number of nitrogens with zero attached hydrogens (tertiary/aromatic N) is 2. The third kappa shape index (κ3) is 4.59. The minimum absolute atomic E-state index is 0.0981. The van der Waals surface area contributed by atoms with Gasteiger partial charge in [-0.3, -0.25) is 14.7 Å². The Labute approximate surface area is 173 Å². The van der Waals surface area contributed by atoms with Crippen molar-refractivity contribution < 1.29 is 9.53 Å². The van der Waals surface area contributed by atoms with Gasteiger partial charge in [-0.1, -0.05) is 25.2 Å². The fraction of sp³-hybridized carbons (Fsp3) is 0.381. The number of rotatable bonds is 7. The van der Waals surface area contributed by atoms with Crippen molar-refractivity contribution in [1.29, 1.82) is 0 Å². The van der Waals surface area contributed by atoms with Crippen LogP contribution in [-0.2, 0) is 6.42 Å². The molecule has 3 rings (SSSR count). The molecule has 8 heteroatoms. The highest BCUT2D eigenvalue weighted by Gasteiger charge is 2.20. The molecule has 0 spiro atoms. The lowest BCUT2D eigenvalue weighted by Gasteiger charge is -2.05. The van der Waals surface area contributed by atoms with Crippen molar-refractivity contribution in [3.05, 3.63) is 56.4 Å². The standard InChI is InChI=1S/C21H26N4O3S/c1-12(2)6-11-17-13(3)24-25(20(17)27)21-22-14(4)18(29-21)19(26)23-15-7-9-16(28-5)10-8-15/h7-10,12,24H,6,11H2,1-5H3,(H,23,26). The van der Waals surface area contributed by atoms with Gasteiger partial charge < -0.3 is 10.1 Å². The first-order valence-electron chi connectivity index (χ1n) is 9.53. The molecule has 2 heterocycles. The van der Waals surface area contributed by atoms with Crippen LogP contribution in [-0.4, -0.2) is 27.8 Å². The molecule has 2 N–H and O–H groups in total. The average Bonchev–Trinajstić information content (AvgIpc) is 3.20. The number of aromatic nitrogens is 3. The zero-order valence-corrected chi connectivity index (χ0v) is 18.1. The molecule has 0 saturated carbocycles. The predicted molar refractivity (Wildman–Crippen MR) is 116 cm³/mol. The van der Waals surface area contributed by atoms with Crippen LogP contribution >= 0.6 is 11.3 Å². The summed E-state index contributed by atoms with van der Waals surface area (Å²) < 4.78 is 6.56. The Morgan fingerprint density at radius 2 is 1.97 bits per heavy atom. The van der Waals surface area contributed by atoms with E-state index in [0.717, 1.165) is 24.1 Å². The largest absolute Gasteiger partial charge is 0.497 e. The van der Waals surface area contributed by atoms with E-state index in [1.54, 1.807) is 38.3 Å². The van der Waals surface area contributed by atoms with Crippen molar-refractivity contribution in [2.45, 2.75) is 40.5 Å². The molecule has 29 heavy (non-hydrogen) atoms. The first-order valence-corrected chi connectivity index (χ1v) is 10.4. The Balaban J connectivity index is 1.83. The molecule has 0 atom stereocenters. The predicted octanol–water partition coefficient (Wildman–Crippen LogP) is 4.09. The van der Waals surface area contributed by atoms with E-state index in [0.29, 0.717) is 33.1 Å². The summed E-state index contributed by atoms with van der Waals surface area (Å²) in [6.07, 6.45) is 1.67. The maximum absolute atomic E-state index is 12.8. The van der Waals surface area contributed by atoms with Gasteiger partial charge in [0, 0.05) is 16.9 Å². The number of aryl methyl sites for hydroxylation is 2. The molecule has 0 saturated heterocycles. The van der Waals surface area contributed by atoms with E-state index in [4.69, 9.17) is 4.74 Å². The van der Waals surface area contributed by atoms with Crippen molar-refractivity contribution in [3.63, 3.8) is 0 Å². The Hall–Kier alpha value is -2.87. The SMILES string of the molecule is COc1ccc(NC(=O)c2sc(-n3[nH]c(C)c(CCC(C)C)c3=O)nc2C)cc1. The number of methoxy groups -OCH3 is 1. The molecule has 0 aliphatic rings. The van der Waals surface area contributed by atoms with E-state index in [1.807, 2.05) is 6.92 Å². The van der Waals surface area contributed by atoms with E-state index >= 15 is 0 Å². The molecule has 154 valence electrons. The van der Waals surface area contributed by atoms with Gasteiger partial charge in [0.15, 0.2) is 0 Å². The molecule has 0 radical (unpaired) electrons. The molecule has 0 aliphatic heterocycles. The van der Waals surface area contributed by atoms with Crippen LogP contribution in [0.3, 0.4) is 0 Å². The second-order valence-corrected chi connectivity index (χ2v) is 8.36. The first kappa shape index (κ1) is 20.9. The summed E-state index contributed by atoms with van der Waals surface area (Å²) in [5.74, 6) is 0.981. The quantitative estimate of drug-likeness (QED) is 0.609.